The number of aromatic nitrogens is 2. The fraction of sp³-hybridized carbons (Fsp3) is 0.727. The van der Waals surface area contributed by atoms with Crippen molar-refractivity contribution in [2.45, 2.75) is 44.1 Å². The SMILES string of the molecule is CCn1ncc(Cl)c1C(O)C1CCCCS1(=O)=O. The number of aliphatic hydroxyl groups is 1. The molecule has 0 radical (unpaired) electrons. The third-order valence-electron chi connectivity index (χ3n) is 3.39. The zero-order valence-corrected chi connectivity index (χ0v) is 11.8. The summed E-state index contributed by atoms with van der Waals surface area (Å²) in [5.74, 6) is 0.145. The topological polar surface area (TPSA) is 72.2 Å². The number of nitrogens with zero attached hydrogens (tertiary/aromatic N) is 2. The Kier molecular flexibility index (Phi) is 3.99. The van der Waals surface area contributed by atoms with Crippen LogP contribution in [0, 0.1) is 0 Å². The smallest absolute Gasteiger partial charge is 0.156 e. The lowest BCUT2D eigenvalue weighted by molar-refractivity contribution is 0.154. The van der Waals surface area contributed by atoms with Crippen LogP contribution in [0.2, 0.25) is 5.02 Å². The summed E-state index contributed by atoms with van der Waals surface area (Å²) in [5.41, 5.74) is 0.412. The first-order valence-corrected chi connectivity index (χ1v) is 8.17. The molecule has 0 amide bonds. The van der Waals surface area contributed by atoms with Crippen molar-refractivity contribution >= 4 is 21.4 Å². The number of aryl methyl sites for hydroxylation is 1. The highest BCUT2D eigenvalue weighted by atomic mass is 35.5. The van der Waals surface area contributed by atoms with Crippen molar-refractivity contribution in [3.63, 3.8) is 0 Å². The molecule has 1 saturated heterocycles. The molecule has 2 unspecified atom stereocenters. The van der Waals surface area contributed by atoms with E-state index < -0.39 is 21.2 Å². The molecule has 1 aromatic heterocycles. The molecule has 2 rings (SSSR count). The van der Waals surface area contributed by atoms with E-state index in [1.54, 1.807) is 4.68 Å². The fourth-order valence-corrected chi connectivity index (χ4v) is 4.64. The Morgan fingerprint density at radius 3 is 2.94 bits per heavy atom. The highest BCUT2D eigenvalue weighted by Gasteiger charge is 2.37. The number of sulfone groups is 1. The van der Waals surface area contributed by atoms with E-state index in [-0.39, 0.29) is 5.75 Å². The average Bonchev–Trinajstić information content (AvgIpc) is 2.69. The maximum atomic E-state index is 12.0. The lowest BCUT2D eigenvalue weighted by Crippen LogP contribution is -2.34. The predicted molar refractivity (Wildman–Crippen MR) is 69.3 cm³/mol. The normalized spacial score (nSPS) is 24.9. The molecular weight excluding hydrogens is 276 g/mol. The molecule has 0 aromatic carbocycles. The van der Waals surface area contributed by atoms with Gasteiger partial charge in [-0.3, -0.25) is 4.68 Å². The van der Waals surface area contributed by atoms with Gasteiger partial charge in [0, 0.05) is 6.54 Å². The van der Waals surface area contributed by atoms with Crippen LogP contribution in [0.4, 0.5) is 0 Å². The number of rotatable bonds is 3. The van der Waals surface area contributed by atoms with Crippen LogP contribution in [0.25, 0.3) is 0 Å². The van der Waals surface area contributed by atoms with Crippen molar-refractivity contribution in [1.82, 2.24) is 9.78 Å². The lowest BCUT2D eigenvalue weighted by Gasteiger charge is -2.27. The minimum atomic E-state index is -3.24. The number of hydrogen-bond donors (Lipinski definition) is 1. The molecule has 7 heteroatoms. The molecule has 1 aromatic rings. The predicted octanol–water partition coefficient (Wildman–Crippen LogP) is 1.56. The van der Waals surface area contributed by atoms with E-state index in [4.69, 9.17) is 11.6 Å². The molecule has 0 saturated carbocycles. The molecule has 1 N–H and O–H groups in total. The molecule has 2 atom stereocenters. The van der Waals surface area contributed by atoms with Crippen LogP contribution >= 0.6 is 11.6 Å². The first-order chi connectivity index (χ1) is 8.47. The summed E-state index contributed by atoms with van der Waals surface area (Å²) in [6, 6.07) is 0. The molecule has 5 nitrogen and oxygen atoms in total. The second-order valence-electron chi connectivity index (χ2n) is 4.54. The highest BCUT2D eigenvalue weighted by molar-refractivity contribution is 7.92. The number of aliphatic hydroxyl groups excluding tert-OH is 1. The van der Waals surface area contributed by atoms with Crippen LogP contribution in [0.1, 0.15) is 38.0 Å². The van der Waals surface area contributed by atoms with E-state index in [0.29, 0.717) is 30.1 Å². The summed E-state index contributed by atoms with van der Waals surface area (Å²) in [5, 5.41) is 13.9. The van der Waals surface area contributed by atoms with Gasteiger partial charge in [0.15, 0.2) is 9.84 Å². The first-order valence-electron chi connectivity index (χ1n) is 6.08. The number of halogens is 1. The number of hydrogen-bond acceptors (Lipinski definition) is 4. The Balaban J connectivity index is 2.35. The lowest BCUT2D eigenvalue weighted by atomic mass is 10.1. The summed E-state index contributed by atoms with van der Waals surface area (Å²) in [7, 11) is -3.24. The van der Waals surface area contributed by atoms with Crippen LogP contribution in [-0.2, 0) is 16.4 Å². The van der Waals surface area contributed by atoms with E-state index in [0.717, 1.165) is 6.42 Å². The van der Waals surface area contributed by atoms with Gasteiger partial charge in [-0.15, -0.1) is 0 Å². The minimum absolute atomic E-state index is 0.145. The third kappa shape index (κ3) is 2.41. The quantitative estimate of drug-likeness (QED) is 0.917. The maximum Gasteiger partial charge on any atom is 0.156 e. The van der Waals surface area contributed by atoms with E-state index >= 15 is 0 Å². The fourth-order valence-electron chi connectivity index (χ4n) is 2.43. The van der Waals surface area contributed by atoms with Gasteiger partial charge >= 0.3 is 0 Å². The van der Waals surface area contributed by atoms with E-state index in [9.17, 15) is 13.5 Å². The maximum absolute atomic E-state index is 12.0. The Labute approximate surface area is 112 Å². The van der Waals surface area contributed by atoms with Crippen LogP contribution in [0.15, 0.2) is 6.20 Å². The summed E-state index contributed by atoms with van der Waals surface area (Å²) < 4.78 is 25.5. The second-order valence-corrected chi connectivity index (χ2v) is 7.29. The van der Waals surface area contributed by atoms with Gasteiger partial charge in [0.05, 0.1) is 27.9 Å². The molecule has 1 aliphatic rings. The minimum Gasteiger partial charge on any atom is -0.385 e. The van der Waals surface area contributed by atoms with Crippen LogP contribution < -0.4 is 0 Å². The van der Waals surface area contributed by atoms with Crippen molar-refractivity contribution in [2.75, 3.05) is 5.75 Å². The average molecular weight is 293 g/mol. The molecule has 0 spiro atoms. The molecule has 1 aliphatic heterocycles. The van der Waals surface area contributed by atoms with Crippen LogP contribution in [0.3, 0.4) is 0 Å². The summed E-state index contributed by atoms with van der Waals surface area (Å²) in [6.45, 7) is 2.42. The molecule has 18 heavy (non-hydrogen) atoms. The van der Waals surface area contributed by atoms with Gasteiger partial charge < -0.3 is 5.11 Å². The van der Waals surface area contributed by atoms with Crippen molar-refractivity contribution < 1.29 is 13.5 Å². The zero-order valence-electron chi connectivity index (χ0n) is 10.2. The van der Waals surface area contributed by atoms with Crippen LogP contribution in [-0.4, -0.2) is 34.3 Å². The largest absolute Gasteiger partial charge is 0.385 e. The van der Waals surface area contributed by atoms with Gasteiger partial charge in [-0.1, -0.05) is 18.0 Å². The zero-order chi connectivity index (χ0) is 13.3. The van der Waals surface area contributed by atoms with E-state index in [2.05, 4.69) is 5.10 Å². The van der Waals surface area contributed by atoms with Crippen molar-refractivity contribution in [3.8, 4) is 0 Å². The molecule has 1 fully saturated rings. The van der Waals surface area contributed by atoms with Crippen molar-refractivity contribution in [3.05, 3.63) is 16.9 Å². The van der Waals surface area contributed by atoms with Gasteiger partial charge in [0.2, 0.25) is 0 Å². The van der Waals surface area contributed by atoms with E-state index in [1.807, 2.05) is 6.92 Å². The monoisotopic (exact) mass is 292 g/mol. The Hall–Kier alpha value is -0.590. The Morgan fingerprint density at radius 1 is 1.61 bits per heavy atom. The molecule has 0 aliphatic carbocycles. The molecule has 2 heterocycles. The first kappa shape index (κ1) is 13.8. The van der Waals surface area contributed by atoms with Gasteiger partial charge in [0.25, 0.3) is 0 Å². The second kappa shape index (κ2) is 5.19. The molecule has 0 bridgehead atoms. The van der Waals surface area contributed by atoms with Gasteiger partial charge in [-0.25, -0.2) is 8.42 Å². The third-order valence-corrected chi connectivity index (χ3v) is 5.96. The Bertz CT molecular complexity index is 526. The Morgan fingerprint density at radius 2 is 2.33 bits per heavy atom. The van der Waals surface area contributed by atoms with E-state index in [1.165, 1.54) is 6.20 Å². The van der Waals surface area contributed by atoms with Gasteiger partial charge in [-0.2, -0.15) is 5.10 Å². The van der Waals surface area contributed by atoms with Crippen LogP contribution in [0.5, 0.6) is 0 Å². The van der Waals surface area contributed by atoms with Crippen molar-refractivity contribution in [2.24, 2.45) is 0 Å². The summed E-state index contributed by atoms with van der Waals surface area (Å²) in [6.07, 6.45) is 2.32. The van der Waals surface area contributed by atoms with Crippen molar-refractivity contribution in [1.29, 1.82) is 0 Å². The van der Waals surface area contributed by atoms with Gasteiger partial charge in [0.1, 0.15) is 6.10 Å². The molecule has 102 valence electrons. The summed E-state index contributed by atoms with van der Waals surface area (Å²) in [4.78, 5) is 0. The molecular formula is C11H17ClN2O3S. The highest BCUT2D eigenvalue weighted by Crippen LogP contribution is 2.33. The standard InChI is InChI=1S/C11H17ClN2O3S/c1-2-14-10(8(12)7-13-14)11(15)9-5-3-4-6-18(9,16)17/h7,9,11,15H,2-6H2,1H3. The summed E-state index contributed by atoms with van der Waals surface area (Å²) >= 11 is 5.99. The van der Waals surface area contributed by atoms with Gasteiger partial charge in [-0.05, 0) is 19.8 Å².